The van der Waals surface area contributed by atoms with Gasteiger partial charge in [0.2, 0.25) is 0 Å². The number of aryl methyl sites for hydroxylation is 2. The van der Waals surface area contributed by atoms with E-state index < -0.39 is 5.50 Å². The summed E-state index contributed by atoms with van der Waals surface area (Å²) in [4.78, 5) is 4.74. The van der Waals surface area contributed by atoms with E-state index in [0.29, 0.717) is 5.56 Å². The maximum absolute atomic E-state index is 11.0. The lowest BCUT2D eigenvalue weighted by Gasteiger charge is -2.24. The largest absolute Gasteiger partial charge is 0.393 e. The fraction of sp³-hybridized carbons (Fsp3) is 0.312. The van der Waals surface area contributed by atoms with Gasteiger partial charge in [-0.2, -0.15) is 15.3 Å². The maximum atomic E-state index is 11.0. The second-order valence-corrected chi connectivity index (χ2v) is 10.6. The zero-order valence-corrected chi connectivity index (χ0v) is 24.8. The first-order chi connectivity index (χ1) is 19.6. The van der Waals surface area contributed by atoms with Crippen molar-refractivity contribution in [2.24, 2.45) is 7.05 Å². The predicted octanol–water partition coefficient (Wildman–Crippen LogP) is 5.95. The summed E-state index contributed by atoms with van der Waals surface area (Å²) in [6.45, 7) is 12.6. The first-order valence-corrected chi connectivity index (χ1v) is 14.1. The highest BCUT2D eigenvalue weighted by atomic mass is 16.3. The van der Waals surface area contributed by atoms with Gasteiger partial charge in [0, 0.05) is 47.0 Å². The Balaban J connectivity index is 0.00000165. The highest BCUT2D eigenvalue weighted by Gasteiger charge is 2.26. The molecule has 0 amide bonds. The van der Waals surface area contributed by atoms with Gasteiger partial charge in [-0.3, -0.25) is 9.36 Å². The normalized spacial score (nSPS) is 13.0. The van der Waals surface area contributed by atoms with E-state index in [0.717, 1.165) is 50.3 Å². The van der Waals surface area contributed by atoms with Crippen LogP contribution in [0.15, 0.2) is 67.0 Å². The fourth-order valence-electron chi connectivity index (χ4n) is 5.45. The summed E-state index contributed by atoms with van der Waals surface area (Å²) in [6, 6.07) is 17.4. The Hall–Kier alpha value is -4.24. The van der Waals surface area contributed by atoms with Gasteiger partial charge in [0.15, 0.2) is 5.65 Å². The molecule has 0 saturated carbocycles. The molecule has 0 aliphatic carbocycles. The van der Waals surface area contributed by atoms with Gasteiger partial charge in [-0.15, -0.1) is 0 Å². The summed E-state index contributed by atoms with van der Waals surface area (Å²) in [5, 5.41) is 27.3. The summed E-state index contributed by atoms with van der Waals surface area (Å²) in [5.41, 5.74) is 6.53. The average Bonchev–Trinajstić information content (AvgIpc) is 3.62. The van der Waals surface area contributed by atoms with Crippen LogP contribution in [0.1, 0.15) is 56.1 Å². The molecule has 41 heavy (non-hydrogen) atoms. The van der Waals surface area contributed by atoms with E-state index in [1.807, 2.05) is 87.4 Å². The minimum absolute atomic E-state index is 0.117. The van der Waals surface area contributed by atoms with Crippen molar-refractivity contribution in [3.05, 3.63) is 89.5 Å². The van der Waals surface area contributed by atoms with E-state index in [1.54, 1.807) is 9.36 Å². The molecule has 6 rings (SSSR count). The number of pyridine rings is 1. The molecule has 4 heterocycles. The van der Waals surface area contributed by atoms with Gasteiger partial charge >= 0.3 is 0 Å². The second kappa shape index (κ2) is 11.0. The topological polar surface area (TPSA) is 86.6 Å². The number of hydrogen-bond donors (Lipinski definition) is 1. The van der Waals surface area contributed by atoms with Crippen molar-refractivity contribution in [2.45, 2.75) is 59.5 Å². The SMILES string of the molecule is CC.[B]C(O)(Cn1cc2c(-c3nn(-c4cc5cn(C)nc5nc4C)c(C)c3C(C)C)cccc2n1)c1ccccc1. The molecule has 1 N–H and O–H groups in total. The van der Waals surface area contributed by atoms with E-state index in [1.165, 1.54) is 5.56 Å². The third-order valence-electron chi connectivity index (χ3n) is 7.27. The lowest BCUT2D eigenvalue weighted by molar-refractivity contribution is 0.103. The Labute approximate surface area is 242 Å². The lowest BCUT2D eigenvalue weighted by atomic mass is 9.75. The molecule has 1 atom stereocenters. The van der Waals surface area contributed by atoms with Crippen LogP contribution in [0.3, 0.4) is 0 Å². The van der Waals surface area contributed by atoms with Crippen molar-refractivity contribution >= 4 is 29.8 Å². The first kappa shape index (κ1) is 28.3. The van der Waals surface area contributed by atoms with Crippen molar-refractivity contribution in [3.63, 3.8) is 0 Å². The summed E-state index contributed by atoms with van der Waals surface area (Å²) >= 11 is 0. The van der Waals surface area contributed by atoms with Gasteiger partial charge in [-0.05, 0) is 37.5 Å². The molecule has 0 spiro atoms. The van der Waals surface area contributed by atoms with Crippen LogP contribution in [-0.4, -0.2) is 47.3 Å². The quantitative estimate of drug-likeness (QED) is 0.262. The molecule has 6 aromatic rings. The molecule has 4 aromatic heterocycles. The highest BCUT2D eigenvalue weighted by molar-refractivity contribution is 6.14. The van der Waals surface area contributed by atoms with Crippen LogP contribution in [0, 0.1) is 13.8 Å². The second-order valence-electron chi connectivity index (χ2n) is 10.6. The van der Waals surface area contributed by atoms with Crippen molar-refractivity contribution in [3.8, 4) is 16.9 Å². The smallest absolute Gasteiger partial charge is 0.181 e. The molecule has 9 heteroatoms. The number of aliphatic hydroxyl groups is 1. The fourth-order valence-corrected chi connectivity index (χ4v) is 5.45. The van der Waals surface area contributed by atoms with Crippen LogP contribution in [0.5, 0.6) is 0 Å². The van der Waals surface area contributed by atoms with Gasteiger partial charge in [-0.25, -0.2) is 9.67 Å². The Morgan fingerprint density at radius 2 is 1.68 bits per heavy atom. The van der Waals surface area contributed by atoms with Crippen LogP contribution >= 0.6 is 0 Å². The van der Waals surface area contributed by atoms with Gasteiger partial charge < -0.3 is 5.11 Å². The molecule has 2 radical (unpaired) electrons. The number of hydrogen-bond acceptors (Lipinski definition) is 5. The first-order valence-electron chi connectivity index (χ1n) is 14.1. The van der Waals surface area contributed by atoms with E-state index >= 15 is 0 Å². The molecule has 0 saturated heterocycles. The summed E-state index contributed by atoms with van der Waals surface area (Å²) < 4.78 is 5.49. The molecule has 1 unspecified atom stereocenters. The minimum Gasteiger partial charge on any atom is -0.393 e. The maximum Gasteiger partial charge on any atom is 0.181 e. The highest BCUT2D eigenvalue weighted by Crippen LogP contribution is 2.37. The molecular formula is C32H36BN7O. The van der Waals surface area contributed by atoms with E-state index in [2.05, 4.69) is 38.0 Å². The van der Waals surface area contributed by atoms with E-state index in [9.17, 15) is 5.11 Å². The Bertz CT molecular complexity index is 1830. The van der Waals surface area contributed by atoms with Crippen molar-refractivity contribution in [1.82, 2.24) is 34.3 Å². The number of rotatable bonds is 6. The number of benzene rings is 2. The van der Waals surface area contributed by atoms with Crippen molar-refractivity contribution in [1.29, 1.82) is 0 Å². The summed E-state index contributed by atoms with van der Waals surface area (Å²) in [5.74, 6) is 0.238. The average molecular weight is 546 g/mol. The van der Waals surface area contributed by atoms with E-state index in [-0.39, 0.29) is 12.5 Å². The Morgan fingerprint density at radius 3 is 2.39 bits per heavy atom. The zero-order valence-electron chi connectivity index (χ0n) is 24.8. The van der Waals surface area contributed by atoms with Crippen LogP contribution in [0.2, 0.25) is 0 Å². The van der Waals surface area contributed by atoms with Gasteiger partial charge in [-0.1, -0.05) is 70.2 Å². The third kappa shape index (κ3) is 5.17. The lowest BCUT2D eigenvalue weighted by Crippen LogP contribution is -2.32. The standard InChI is InChI=1S/C30H30BN7O.C2H6/c1-18(2)27-20(4)38(26-14-21-15-36(5)35-29(21)32-19(26)3)34-28(27)23-12-9-13-25-24(23)16-37(33-25)17-30(31,39)22-10-7-6-8-11-22;1-2/h6-16,18,39H,17H2,1-5H3;1-2H3. The minimum atomic E-state index is -1.56. The monoisotopic (exact) mass is 545 g/mol. The summed E-state index contributed by atoms with van der Waals surface area (Å²) in [7, 11) is 8.21. The molecule has 0 fully saturated rings. The molecular weight excluding hydrogens is 509 g/mol. The van der Waals surface area contributed by atoms with Crippen molar-refractivity contribution in [2.75, 3.05) is 0 Å². The predicted molar refractivity (Wildman–Crippen MR) is 165 cm³/mol. The van der Waals surface area contributed by atoms with Crippen LogP contribution in [0.25, 0.3) is 38.9 Å². The number of nitrogens with zero attached hydrogens (tertiary/aromatic N) is 7. The Morgan fingerprint density at radius 1 is 0.951 bits per heavy atom. The van der Waals surface area contributed by atoms with Gasteiger partial charge in [0.05, 0.1) is 34.6 Å². The van der Waals surface area contributed by atoms with Gasteiger partial charge in [0.25, 0.3) is 0 Å². The molecule has 0 aliphatic rings. The molecule has 2 aromatic carbocycles. The van der Waals surface area contributed by atoms with Gasteiger partial charge in [0.1, 0.15) is 7.85 Å². The Kier molecular flexibility index (Phi) is 7.57. The van der Waals surface area contributed by atoms with Crippen molar-refractivity contribution < 1.29 is 5.11 Å². The van der Waals surface area contributed by atoms with Crippen LogP contribution in [0.4, 0.5) is 0 Å². The van der Waals surface area contributed by atoms with Crippen LogP contribution < -0.4 is 0 Å². The number of aromatic nitrogens is 7. The molecule has 208 valence electrons. The third-order valence-corrected chi connectivity index (χ3v) is 7.27. The summed E-state index contributed by atoms with van der Waals surface area (Å²) in [6.07, 6.45) is 3.91. The van der Waals surface area contributed by atoms with Crippen LogP contribution in [-0.2, 0) is 19.1 Å². The molecule has 0 aliphatic heterocycles. The zero-order chi connectivity index (χ0) is 29.5. The van der Waals surface area contributed by atoms with E-state index in [4.69, 9.17) is 23.0 Å². The molecule has 8 nitrogen and oxygen atoms in total. The number of fused-ring (bicyclic) bond motifs is 2. The molecule has 0 bridgehead atoms.